The number of rotatable bonds is 6. The van der Waals surface area contributed by atoms with Gasteiger partial charge >= 0.3 is 0 Å². The predicted molar refractivity (Wildman–Crippen MR) is 93.3 cm³/mol. The second-order valence-electron chi connectivity index (χ2n) is 5.15. The molecule has 0 fully saturated rings. The molecule has 0 spiro atoms. The Hall–Kier alpha value is -2.79. The number of carbonyl (C=O) groups excluding carboxylic acids is 1. The highest BCUT2D eigenvalue weighted by Gasteiger charge is 2.08. The Morgan fingerprint density at radius 2 is 1.92 bits per heavy atom. The van der Waals surface area contributed by atoms with Gasteiger partial charge < -0.3 is 10.1 Å². The molecule has 0 radical (unpaired) electrons. The normalized spacial score (nSPS) is 10.4. The standard InChI is InChI=1S/C18H16ClN3O2/c19-15-6-8-16(9-7-15)24-13-18(23)21-17-5-2-1-4-14(17)12-22-11-3-10-20-22/h1-11H,12-13H2,(H,21,23). The number of nitrogens with one attached hydrogen (secondary N) is 1. The number of aromatic nitrogens is 2. The molecule has 122 valence electrons. The third kappa shape index (κ3) is 4.36. The molecule has 1 aromatic heterocycles. The van der Waals surface area contributed by atoms with Crippen LogP contribution in [0.5, 0.6) is 5.75 Å². The molecule has 0 saturated heterocycles. The van der Waals surface area contributed by atoms with Gasteiger partial charge in [-0.1, -0.05) is 29.8 Å². The number of hydrogen-bond acceptors (Lipinski definition) is 3. The van der Waals surface area contributed by atoms with Crippen LogP contribution in [0.3, 0.4) is 0 Å². The van der Waals surface area contributed by atoms with Crippen molar-refractivity contribution in [1.29, 1.82) is 0 Å². The molecule has 0 aliphatic carbocycles. The van der Waals surface area contributed by atoms with Crippen LogP contribution in [-0.2, 0) is 11.3 Å². The Balaban J connectivity index is 1.60. The smallest absolute Gasteiger partial charge is 0.262 e. The van der Waals surface area contributed by atoms with Crippen molar-refractivity contribution < 1.29 is 9.53 Å². The lowest BCUT2D eigenvalue weighted by molar-refractivity contribution is -0.118. The third-order valence-corrected chi connectivity index (χ3v) is 3.62. The molecule has 24 heavy (non-hydrogen) atoms. The quantitative estimate of drug-likeness (QED) is 0.745. The number of nitrogens with zero attached hydrogens (tertiary/aromatic N) is 2. The zero-order valence-electron chi connectivity index (χ0n) is 12.9. The lowest BCUT2D eigenvalue weighted by Crippen LogP contribution is -2.21. The molecule has 0 aliphatic rings. The van der Waals surface area contributed by atoms with Crippen molar-refractivity contribution in [2.45, 2.75) is 6.54 Å². The van der Waals surface area contributed by atoms with Crippen LogP contribution in [0, 0.1) is 0 Å². The zero-order chi connectivity index (χ0) is 16.8. The van der Waals surface area contributed by atoms with Crippen molar-refractivity contribution in [2.24, 2.45) is 0 Å². The van der Waals surface area contributed by atoms with Gasteiger partial charge in [0.2, 0.25) is 0 Å². The summed E-state index contributed by atoms with van der Waals surface area (Å²) in [6, 6.07) is 16.4. The highest BCUT2D eigenvalue weighted by molar-refractivity contribution is 6.30. The van der Waals surface area contributed by atoms with Gasteiger partial charge in [0, 0.05) is 23.1 Å². The molecule has 5 nitrogen and oxygen atoms in total. The maximum atomic E-state index is 12.1. The van der Waals surface area contributed by atoms with E-state index >= 15 is 0 Å². The second-order valence-corrected chi connectivity index (χ2v) is 5.59. The van der Waals surface area contributed by atoms with Crippen LogP contribution < -0.4 is 10.1 Å². The van der Waals surface area contributed by atoms with Crippen LogP contribution in [-0.4, -0.2) is 22.3 Å². The summed E-state index contributed by atoms with van der Waals surface area (Å²) in [4.78, 5) is 12.1. The third-order valence-electron chi connectivity index (χ3n) is 3.37. The highest BCUT2D eigenvalue weighted by Crippen LogP contribution is 2.17. The van der Waals surface area contributed by atoms with Gasteiger partial charge in [-0.05, 0) is 42.0 Å². The fraction of sp³-hybridized carbons (Fsp3) is 0.111. The van der Waals surface area contributed by atoms with E-state index in [1.165, 1.54) is 0 Å². The number of hydrogen-bond donors (Lipinski definition) is 1. The average Bonchev–Trinajstić information content (AvgIpc) is 3.09. The summed E-state index contributed by atoms with van der Waals surface area (Å²) in [5.74, 6) is 0.372. The van der Waals surface area contributed by atoms with E-state index in [2.05, 4.69) is 10.4 Å². The van der Waals surface area contributed by atoms with Gasteiger partial charge in [0.25, 0.3) is 5.91 Å². The lowest BCUT2D eigenvalue weighted by Gasteiger charge is -2.12. The Morgan fingerprint density at radius 1 is 1.12 bits per heavy atom. The van der Waals surface area contributed by atoms with E-state index in [4.69, 9.17) is 16.3 Å². The van der Waals surface area contributed by atoms with Crippen molar-refractivity contribution in [3.63, 3.8) is 0 Å². The van der Waals surface area contributed by atoms with Gasteiger partial charge in [-0.25, -0.2) is 0 Å². The number of carbonyl (C=O) groups is 1. The van der Waals surface area contributed by atoms with Gasteiger partial charge in [0.1, 0.15) is 5.75 Å². The summed E-state index contributed by atoms with van der Waals surface area (Å²) in [7, 11) is 0. The fourth-order valence-corrected chi connectivity index (χ4v) is 2.34. The molecule has 0 unspecified atom stereocenters. The maximum absolute atomic E-state index is 12.1. The predicted octanol–water partition coefficient (Wildman–Crippen LogP) is 3.60. The van der Waals surface area contributed by atoms with Gasteiger partial charge in [-0.2, -0.15) is 5.10 Å². The monoisotopic (exact) mass is 341 g/mol. The molecule has 3 rings (SSSR count). The molecule has 1 N–H and O–H groups in total. The fourth-order valence-electron chi connectivity index (χ4n) is 2.21. The van der Waals surface area contributed by atoms with Crippen molar-refractivity contribution in [2.75, 3.05) is 11.9 Å². The first-order valence-corrected chi connectivity index (χ1v) is 7.82. The molecule has 0 aliphatic heterocycles. The van der Waals surface area contributed by atoms with E-state index in [1.807, 2.05) is 36.5 Å². The van der Waals surface area contributed by atoms with E-state index in [-0.39, 0.29) is 12.5 Å². The minimum Gasteiger partial charge on any atom is -0.484 e. The molecule has 1 amide bonds. The molecule has 3 aromatic rings. The minimum atomic E-state index is -0.224. The van der Waals surface area contributed by atoms with E-state index in [0.717, 1.165) is 11.3 Å². The van der Waals surface area contributed by atoms with Crippen LogP contribution in [0.25, 0.3) is 0 Å². The van der Waals surface area contributed by atoms with E-state index < -0.39 is 0 Å². The summed E-state index contributed by atoms with van der Waals surface area (Å²) in [6.07, 6.45) is 3.60. The van der Waals surface area contributed by atoms with Crippen molar-refractivity contribution in [3.8, 4) is 5.75 Å². The average molecular weight is 342 g/mol. The van der Waals surface area contributed by atoms with Crippen LogP contribution >= 0.6 is 11.6 Å². The first-order valence-electron chi connectivity index (χ1n) is 7.44. The second kappa shape index (κ2) is 7.66. The Labute approximate surface area is 144 Å². The lowest BCUT2D eigenvalue weighted by atomic mass is 10.1. The number of halogens is 1. The van der Waals surface area contributed by atoms with E-state index in [9.17, 15) is 4.79 Å². The summed E-state index contributed by atoms with van der Waals surface area (Å²) in [5, 5.41) is 7.68. The SMILES string of the molecule is O=C(COc1ccc(Cl)cc1)Nc1ccccc1Cn1cccn1. The summed E-state index contributed by atoms with van der Waals surface area (Å²) in [6.45, 7) is 0.513. The molecule has 0 atom stereocenters. The number of ether oxygens (including phenoxy) is 1. The van der Waals surface area contributed by atoms with Crippen molar-refractivity contribution in [3.05, 3.63) is 77.6 Å². The molecule has 1 heterocycles. The zero-order valence-corrected chi connectivity index (χ0v) is 13.6. The first kappa shape index (κ1) is 16.1. The Kier molecular flexibility index (Phi) is 5.13. The Morgan fingerprint density at radius 3 is 2.67 bits per heavy atom. The molecular weight excluding hydrogens is 326 g/mol. The van der Waals surface area contributed by atoms with Crippen LogP contribution in [0.15, 0.2) is 67.0 Å². The van der Waals surface area contributed by atoms with Crippen molar-refractivity contribution >= 4 is 23.2 Å². The maximum Gasteiger partial charge on any atom is 0.262 e. The molecule has 6 heteroatoms. The summed E-state index contributed by atoms with van der Waals surface area (Å²) < 4.78 is 7.25. The van der Waals surface area contributed by atoms with E-state index in [0.29, 0.717) is 17.3 Å². The number of benzene rings is 2. The molecule has 0 saturated carbocycles. The molecule has 0 bridgehead atoms. The van der Waals surface area contributed by atoms with Crippen LogP contribution in [0.4, 0.5) is 5.69 Å². The molecule has 2 aromatic carbocycles. The highest BCUT2D eigenvalue weighted by atomic mass is 35.5. The largest absolute Gasteiger partial charge is 0.484 e. The number of anilines is 1. The molecular formula is C18H16ClN3O2. The Bertz CT molecular complexity index is 801. The summed E-state index contributed by atoms with van der Waals surface area (Å²) in [5.41, 5.74) is 1.72. The topological polar surface area (TPSA) is 56.1 Å². The number of para-hydroxylation sites is 1. The van der Waals surface area contributed by atoms with E-state index in [1.54, 1.807) is 35.1 Å². The van der Waals surface area contributed by atoms with Crippen LogP contribution in [0.2, 0.25) is 5.02 Å². The van der Waals surface area contributed by atoms with Gasteiger partial charge in [0.15, 0.2) is 6.61 Å². The summed E-state index contributed by atoms with van der Waals surface area (Å²) >= 11 is 5.82. The minimum absolute atomic E-state index is 0.0717. The van der Waals surface area contributed by atoms with Gasteiger partial charge in [-0.15, -0.1) is 0 Å². The van der Waals surface area contributed by atoms with Crippen molar-refractivity contribution in [1.82, 2.24) is 9.78 Å². The van der Waals surface area contributed by atoms with Crippen LogP contribution in [0.1, 0.15) is 5.56 Å². The number of amides is 1. The van der Waals surface area contributed by atoms with Gasteiger partial charge in [0.05, 0.1) is 6.54 Å². The van der Waals surface area contributed by atoms with Gasteiger partial charge in [-0.3, -0.25) is 9.48 Å². The first-order chi connectivity index (χ1) is 11.7.